The molecule has 0 aliphatic carbocycles. The summed E-state index contributed by atoms with van der Waals surface area (Å²) in [6.07, 6.45) is 0. The average Bonchev–Trinajstić information content (AvgIpc) is 2.93. The largest absolute Gasteiger partial charge is 0.454 e. The normalized spacial score (nSPS) is 13.9. The Morgan fingerprint density at radius 1 is 1.00 bits per heavy atom. The first-order valence-corrected chi connectivity index (χ1v) is 8.18. The van der Waals surface area contributed by atoms with Crippen molar-refractivity contribution in [2.24, 2.45) is 0 Å². The van der Waals surface area contributed by atoms with Crippen molar-refractivity contribution in [3.63, 3.8) is 0 Å². The number of amides is 3. The predicted octanol–water partition coefficient (Wildman–Crippen LogP) is 2.13. The van der Waals surface area contributed by atoms with E-state index in [1.165, 1.54) is 19.1 Å². The second-order valence-corrected chi connectivity index (χ2v) is 5.95. The Labute approximate surface area is 157 Å². The first-order chi connectivity index (χ1) is 13.3. The molecule has 28 heavy (non-hydrogen) atoms. The highest BCUT2D eigenvalue weighted by atomic mass is 19.1. The van der Waals surface area contributed by atoms with Crippen LogP contribution in [0.15, 0.2) is 42.5 Å². The fraction of sp³-hybridized carbons (Fsp3) is 0.158. The standard InChI is InChI=1S/C19H14F2N2O5/c1-10(23-17(25)11-5-2-3-6-12(11)18(23)26)19(27)28-9-15(24)22-16-13(20)7-4-8-14(16)21/h2-8,10H,9H2,1H3,(H,22,24)/t10-/m1/s1. The summed E-state index contributed by atoms with van der Waals surface area (Å²) in [5.74, 6) is -5.27. The van der Waals surface area contributed by atoms with Crippen LogP contribution in [0.2, 0.25) is 0 Å². The molecule has 0 saturated heterocycles. The maximum Gasteiger partial charge on any atom is 0.329 e. The fourth-order valence-electron chi connectivity index (χ4n) is 2.72. The number of nitrogens with zero attached hydrogens (tertiary/aromatic N) is 1. The lowest BCUT2D eigenvalue weighted by Gasteiger charge is -2.20. The van der Waals surface area contributed by atoms with E-state index in [0.717, 1.165) is 23.1 Å². The molecule has 3 rings (SSSR count). The Balaban J connectivity index is 1.62. The van der Waals surface area contributed by atoms with E-state index in [2.05, 4.69) is 0 Å². The number of ether oxygens (including phenoxy) is 1. The van der Waals surface area contributed by atoms with Crippen LogP contribution in [0.3, 0.4) is 0 Å². The van der Waals surface area contributed by atoms with Crippen molar-refractivity contribution < 1.29 is 32.7 Å². The minimum Gasteiger partial charge on any atom is -0.454 e. The fourth-order valence-corrected chi connectivity index (χ4v) is 2.72. The van der Waals surface area contributed by atoms with Crippen LogP contribution in [0.1, 0.15) is 27.6 Å². The number of anilines is 1. The maximum absolute atomic E-state index is 13.5. The molecule has 0 aromatic heterocycles. The van der Waals surface area contributed by atoms with Gasteiger partial charge in [-0.3, -0.25) is 19.3 Å². The van der Waals surface area contributed by atoms with Crippen LogP contribution < -0.4 is 5.32 Å². The third-order valence-corrected chi connectivity index (χ3v) is 4.13. The third-order valence-electron chi connectivity index (χ3n) is 4.13. The van der Waals surface area contributed by atoms with Gasteiger partial charge in [0.15, 0.2) is 6.61 Å². The van der Waals surface area contributed by atoms with E-state index in [4.69, 9.17) is 4.74 Å². The summed E-state index contributed by atoms with van der Waals surface area (Å²) in [4.78, 5) is 49.4. The molecular weight excluding hydrogens is 374 g/mol. The summed E-state index contributed by atoms with van der Waals surface area (Å²) in [5, 5.41) is 1.96. The van der Waals surface area contributed by atoms with Crippen molar-refractivity contribution in [1.82, 2.24) is 4.90 Å². The Kier molecular flexibility index (Phi) is 5.16. The number of hydrogen-bond donors (Lipinski definition) is 1. The van der Waals surface area contributed by atoms with Gasteiger partial charge in [-0.2, -0.15) is 0 Å². The van der Waals surface area contributed by atoms with Gasteiger partial charge in [0.1, 0.15) is 23.4 Å². The van der Waals surface area contributed by atoms with E-state index in [1.54, 1.807) is 12.1 Å². The second kappa shape index (κ2) is 7.55. The summed E-state index contributed by atoms with van der Waals surface area (Å²) >= 11 is 0. The number of carbonyl (C=O) groups excluding carboxylic acids is 4. The SMILES string of the molecule is C[C@H](C(=O)OCC(=O)Nc1c(F)cccc1F)N1C(=O)c2ccccc2C1=O. The first kappa shape index (κ1) is 19.2. The van der Waals surface area contributed by atoms with Crippen molar-refractivity contribution >= 4 is 29.4 Å². The molecule has 7 nitrogen and oxygen atoms in total. The molecule has 0 radical (unpaired) electrons. The molecule has 144 valence electrons. The molecule has 2 aromatic rings. The van der Waals surface area contributed by atoms with Crippen molar-refractivity contribution in [2.75, 3.05) is 11.9 Å². The quantitative estimate of drug-likeness (QED) is 0.626. The van der Waals surface area contributed by atoms with Crippen LogP contribution in [0.4, 0.5) is 14.5 Å². The summed E-state index contributed by atoms with van der Waals surface area (Å²) < 4.78 is 31.8. The highest BCUT2D eigenvalue weighted by Gasteiger charge is 2.41. The number of imide groups is 1. The van der Waals surface area contributed by atoms with Gasteiger partial charge in [-0.15, -0.1) is 0 Å². The van der Waals surface area contributed by atoms with Crippen molar-refractivity contribution in [3.05, 3.63) is 65.2 Å². The molecule has 0 saturated carbocycles. The second-order valence-electron chi connectivity index (χ2n) is 5.95. The van der Waals surface area contributed by atoms with Crippen molar-refractivity contribution in [2.45, 2.75) is 13.0 Å². The molecule has 0 spiro atoms. The molecule has 3 amide bonds. The minimum atomic E-state index is -1.29. The lowest BCUT2D eigenvalue weighted by Crippen LogP contribution is -2.44. The number of halogens is 2. The van der Waals surface area contributed by atoms with Crippen LogP contribution in [0, 0.1) is 11.6 Å². The Morgan fingerprint density at radius 3 is 2.07 bits per heavy atom. The summed E-state index contributed by atoms with van der Waals surface area (Å²) in [6, 6.07) is 7.85. The number of fused-ring (bicyclic) bond motifs is 1. The van der Waals surface area contributed by atoms with Gasteiger partial charge in [0.2, 0.25) is 0 Å². The smallest absolute Gasteiger partial charge is 0.329 e. The molecule has 1 N–H and O–H groups in total. The topological polar surface area (TPSA) is 92.8 Å². The molecule has 1 aliphatic heterocycles. The number of para-hydroxylation sites is 1. The number of hydrogen-bond acceptors (Lipinski definition) is 5. The van der Waals surface area contributed by atoms with Gasteiger partial charge >= 0.3 is 5.97 Å². The van der Waals surface area contributed by atoms with E-state index in [1.807, 2.05) is 5.32 Å². The van der Waals surface area contributed by atoms with E-state index in [0.29, 0.717) is 0 Å². The highest BCUT2D eigenvalue weighted by Crippen LogP contribution is 2.24. The molecule has 9 heteroatoms. The van der Waals surface area contributed by atoms with Gasteiger partial charge in [0, 0.05) is 0 Å². The molecule has 0 fully saturated rings. The zero-order valence-electron chi connectivity index (χ0n) is 14.6. The van der Waals surface area contributed by atoms with E-state index >= 15 is 0 Å². The number of benzene rings is 2. The zero-order valence-corrected chi connectivity index (χ0v) is 14.6. The van der Waals surface area contributed by atoms with Crippen LogP contribution in [-0.2, 0) is 14.3 Å². The monoisotopic (exact) mass is 388 g/mol. The molecule has 1 heterocycles. The van der Waals surface area contributed by atoms with Gasteiger partial charge in [-0.25, -0.2) is 13.6 Å². The van der Waals surface area contributed by atoms with Crippen LogP contribution in [-0.4, -0.2) is 41.2 Å². The predicted molar refractivity (Wildman–Crippen MR) is 92.4 cm³/mol. The molecule has 1 aliphatic rings. The van der Waals surface area contributed by atoms with E-state index < -0.39 is 53.7 Å². The number of rotatable bonds is 5. The van der Waals surface area contributed by atoms with Gasteiger partial charge in [-0.1, -0.05) is 18.2 Å². The molecule has 0 bridgehead atoms. The Hall–Kier alpha value is -3.62. The third kappa shape index (κ3) is 3.46. The average molecular weight is 388 g/mol. The zero-order chi connectivity index (χ0) is 20.4. The summed E-state index contributed by atoms with van der Waals surface area (Å²) in [5.41, 5.74) is -0.336. The summed E-state index contributed by atoms with van der Waals surface area (Å²) in [7, 11) is 0. The number of esters is 1. The van der Waals surface area contributed by atoms with Crippen molar-refractivity contribution in [1.29, 1.82) is 0 Å². The van der Waals surface area contributed by atoms with Crippen LogP contribution in [0.25, 0.3) is 0 Å². The van der Waals surface area contributed by atoms with E-state index in [9.17, 15) is 28.0 Å². The van der Waals surface area contributed by atoms with Crippen molar-refractivity contribution in [3.8, 4) is 0 Å². The van der Waals surface area contributed by atoms with Gasteiger partial charge in [0.25, 0.3) is 17.7 Å². The Morgan fingerprint density at radius 2 is 1.54 bits per heavy atom. The highest BCUT2D eigenvalue weighted by molar-refractivity contribution is 6.22. The Bertz CT molecular complexity index is 937. The summed E-state index contributed by atoms with van der Waals surface area (Å²) in [6.45, 7) is 0.429. The molecule has 1 atom stereocenters. The van der Waals surface area contributed by atoms with E-state index in [-0.39, 0.29) is 11.1 Å². The number of carbonyl (C=O) groups is 4. The lowest BCUT2D eigenvalue weighted by atomic mass is 10.1. The first-order valence-electron chi connectivity index (χ1n) is 8.18. The maximum atomic E-state index is 13.5. The lowest BCUT2D eigenvalue weighted by molar-refractivity contribution is -0.150. The minimum absolute atomic E-state index is 0.167. The van der Waals surface area contributed by atoms with Gasteiger partial charge in [-0.05, 0) is 31.2 Å². The molecular formula is C19H14F2N2O5. The van der Waals surface area contributed by atoms with Crippen LogP contribution in [0.5, 0.6) is 0 Å². The molecule has 2 aromatic carbocycles. The van der Waals surface area contributed by atoms with Gasteiger partial charge in [0.05, 0.1) is 11.1 Å². The van der Waals surface area contributed by atoms with Gasteiger partial charge < -0.3 is 10.1 Å². The molecule has 0 unspecified atom stereocenters. The van der Waals surface area contributed by atoms with Crippen LogP contribution >= 0.6 is 0 Å². The number of nitrogens with one attached hydrogen (secondary N) is 1.